The van der Waals surface area contributed by atoms with Crippen LogP contribution in [-0.2, 0) is 0 Å². The van der Waals surface area contributed by atoms with Gasteiger partial charge in [0, 0.05) is 6.20 Å². The molecule has 0 saturated carbocycles. The van der Waals surface area contributed by atoms with Gasteiger partial charge in [-0.3, -0.25) is 0 Å². The van der Waals surface area contributed by atoms with Crippen molar-refractivity contribution in [2.24, 2.45) is 0 Å². The van der Waals surface area contributed by atoms with Crippen molar-refractivity contribution < 1.29 is 9.90 Å². The Bertz CT molecular complexity index is 527. The molecule has 0 amide bonds. The summed E-state index contributed by atoms with van der Waals surface area (Å²) in [4.78, 5) is 15.0. The molecule has 0 aliphatic rings. The normalized spacial score (nSPS) is 10.3. The number of hydrogen-bond acceptors (Lipinski definition) is 6. The molecule has 2 rings (SSSR count). The lowest BCUT2D eigenvalue weighted by molar-refractivity contribution is 0.0692. The number of pyridine rings is 1. The molecule has 0 aliphatic carbocycles. The fourth-order valence-corrected chi connectivity index (χ4v) is 2.84. The number of carboxylic acids is 1. The summed E-state index contributed by atoms with van der Waals surface area (Å²) in [6.07, 6.45) is 1.56. The summed E-state index contributed by atoms with van der Waals surface area (Å²) in [6, 6.07) is 3.12. The van der Waals surface area contributed by atoms with Crippen molar-refractivity contribution in [1.82, 2.24) is 15.2 Å². The highest BCUT2D eigenvalue weighted by molar-refractivity contribution is 8.01. The lowest BCUT2D eigenvalue weighted by Gasteiger charge is -2.00. The van der Waals surface area contributed by atoms with Crippen LogP contribution in [0.1, 0.15) is 15.4 Å². The predicted octanol–water partition coefficient (Wildman–Crippen LogP) is 2.09. The second kappa shape index (κ2) is 4.58. The van der Waals surface area contributed by atoms with Gasteiger partial charge in [-0.2, -0.15) is 0 Å². The van der Waals surface area contributed by atoms with Crippen molar-refractivity contribution in [3.63, 3.8) is 0 Å². The zero-order chi connectivity index (χ0) is 11.5. The smallest absolute Gasteiger partial charge is 0.338 e. The van der Waals surface area contributed by atoms with Crippen LogP contribution in [0.2, 0.25) is 0 Å². The fourth-order valence-electron chi connectivity index (χ4n) is 1.04. The SMILES string of the molecule is Cc1nnc(Sc2ncccc2C(=O)O)s1. The Morgan fingerprint density at radius 2 is 2.31 bits per heavy atom. The molecule has 0 aliphatic heterocycles. The van der Waals surface area contributed by atoms with Gasteiger partial charge in [-0.25, -0.2) is 9.78 Å². The van der Waals surface area contributed by atoms with Gasteiger partial charge in [0.1, 0.15) is 10.0 Å². The first-order chi connectivity index (χ1) is 7.66. The quantitative estimate of drug-likeness (QED) is 0.902. The van der Waals surface area contributed by atoms with Crippen LogP contribution in [0.4, 0.5) is 0 Å². The Labute approximate surface area is 99.6 Å². The molecule has 2 heterocycles. The molecule has 16 heavy (non-hydrogen) atoms. The third kappa shape index (κ3) is 2.37. The van der Waals surface area contributed by atoms with E-state index in [1.807, 2.05) is 6.92 Å². The zero-order valence-corrected chi connectivity index (χ0v) is 9.88. The molecule has 0 atom stereocenters. The van der Waals surface area contributed by atoms with E-state index < -0.39 is 5.97 Å². The Morgan fingerprint density at radius 3 is 2.94 bits per heavy atom. The summed E-state index contributed by atoms with van der Waals surface area (Å²) in [5, 5.41) is 18.0. The van der Waals surface area contributed by atoms with Gasteiger partial charge in [-0.1, -0.05) is 11.3 Å². The third-order valence-electron chi connectivity index (χ3n) is 1.69. The van der Waals surface area contributed by atoms with Crippen molar-refractivity contribution >= 4 is 29.1 Å². The molecule has 0 fully saturated rings. The summed E-state index contributed by atoms with van der Waals surface area (Å²) in [6.45, 7) is 1.85. The number of aryl methyl sites for hydroxylation is 1. The molecule has 82 valence electrons. The van der Waals surface area contributed by atoms with E-state index >= 15 is 0 Å². The minimum Gasteiger partial charge on any atom is -0.478 e. The number of aromatic carboxylic acids is 1. The first-order valence-corrected chi connectivity index (χ1v) is 5.96. The fraction of sp³-hybridized carbons (Fsp3) is 0.111. The number of carboxylic acid groups (broad SMARTS) is 1. The van der Waals surface area contributed by atoms with Crippen molar-refractivity contribution in [3.8, 4) is 0 Å². The van der Waals surface area contributed by atoms with Crippen molar-refractivity contribution in [2.45, 2.75) is 16.3 Å². The maximum Gasteiger partial charge on any atom is 0.338 e. The summed E-state index contributed by atoms with van der Waals surface area (Å²) in [5.41, 5.74) is 0.181. The molecule has 0 bridgehead atoms. The average molecular weight is 253 g/mol. The molecule has 0 unspecified atom stereocenters. The maximum absolute atomic E-state index is 10.9. The van der Waals surface area contributed by atoms with E-state index in [1.54, 1.807) is 12.3 Å². The van der Waals surface area contributed by atoms with E-state index in [0.717, 1.165) is 5.01 Å². The van der Waals surface area contributed by atoms with Gasteiger partial charge < -0.3 is 5.11 Å². The Kier molecular flexibility index (Phi) is 3.16. The number of carbonyl (C=O) groups is 1. The van der Waals surface area contributed by atoms with E-state index in [1.165, 1.54) is 29.2 Å². The molecular formula is C9H7N3O2S2. The lowest BCUT2D eigenvalue weighted by atomic mass is 10.3. The van der Waals surface area contributed by atoms with Crippen LogP contribution < -0.4 is 0 Å². The van der Waals surface area contributed by atoms with Gasteiger partial charge in [0.25, 0.3) is 0 Å². The Hall–Kier alpha value is -1.47. The van der Waals surface area contributed by atoms with E-state index in [0.29, 0.717) is 9.37 Å². The van der Waals surface area contributed by atoms with Crippen LogP contribution in [-0.4, -0.2) is 26.3 Å². The van der Waals surface area contributed by atoms with Crippen molar-refractivity contribution in [1.29, 1.82) is 0 Å². The van der Waals surface area contributed by atoms with Crippen LogP contribution in [0, 0.1) is 6.92 Å². The standard InChI is InChI=1S/C9H7N3O2S2/c1-5-11-12-9(15-5)16-7-6(8(13)14)3-2-4-10-7/h2-4H,1H3,(H,13,14). The van der Waals surface area contributed by atoms with Gasteiger partial charge in [0.15, 0.2) is 4.34 Å². The maximum atomic E-state index is 10.9. The van der Waals surface area contributed by atoms with Crippen LogP contribution in [0.3, 0.4) is 0 Å². The lowest BCUT2D eigenvalue weighted by Crippen LogP contribution is -1.99. The number of aromatic nitrogens is 3. The molecule has 0 aromatic carbocycles. The van der Waals surface area contributed by atoms with Crippen molar-refractivity contribution in [2.75, 3.05) is 0 Å². The summed E-state index contributed by atoms with van der Waals surface area (Å²) in [5.74, 6) is -0.989. The Balaban J connectivity index is 2.31. The monoisotopic (exact) mass is 253 g/mol. The van der Waals surface area contributed by atoms with Gasteiger partial charge in [0.2, 0.25) is 0 Å². The molecule has 5 nitrogen and oxygen atoms in total. The highest BCUT2D eigenvalue weighted by Crippen LogP contribution is 2.30. The first kappa shape index (κ1) is 11.0. The van der Waals surface area contributed by atoms with Crippen LogP contribution in [0.25, 0.3) is 0 Å². The molecule has 2 aromatic rings. The minimum atomic E-state index is -0.989. The largest absolute Gasteiger partial charge is 0.478 e. The van der Waals surface area contributed by atoms with Gasteiger partial charge >= 0.3 is 5.97 Å². The first-order valence-electron chi connectivity index (χ1n) is 4.33. The molecule has 2 aromatic heterocycles. The second-order valence-electron chi connectivity index (χ2n) is 2.85. The number of hydrogen-bond donors (Lipinski definition) is 1. The molecule has 1 N–H and O–H groups in total. The third-order valence-corrected chi connectivity index (χ3v) is 3.60. The molecule has 0 saturated heterocycles. The van der Waals surface area contributed by atoms with E-state index in [9.17, 15) is 4.79 Å². The van der Waals surface area contributed by atoms with Crippen LogP contribution >= 0.6 is 23.1 Å². The zero-order valence-electron chi connectivity index (χ0n) is 8.25. The van der Waals surface area contributed by atoms with Crippen LogP contribution in [0.15, 0.2) is 27.7 Å². The Morgan fingerprint density at radius 1 is 1.50 bits per heavy atom. The highest BCUT2D eigenvalue weighted by atomic mass is 32.2. The average Bonchev–Trinajstić information content (AvgIpc) is 2.64. The minimum absolute atomic E-state index is 0.181. The van der Waals surface area contributed by atoms with E-state index in [4.69, 9.17) is 5.11 Å². The molecule has 7 heteroatoms. The van der Waals surface area contributed by atoms with Crippen molar-refractivity contribution in [3.05, 3.63) is 28.9 Å². The number of nitrogens with zero attached hydrogens (tertiary/aromatic N) is 3. The predicted molar refractivity (Wildman–Crippen MR) is 60.0 cm³/mol. The summed E-state index contributed by atoms with van der Waals surface area (Å²) in [7, 11) is 0. The van der Waals surface area contributed by atoms with Gasteiger partial charge in [-0.05, 0) is 30.8 Å². The topological polar surface area (TPSA) is 76.0 Å². The van der Waals surface area contributed by atoms with Gasteiger partial charge in [0.05, 0.1) is 5.56 Å². The summed E-state index contributed by atoms with van der Waals surface area (Å²) >= 11 is 2.63. The number of rotatable bonds is 3. The second-order valence-corrected chi connectivity index (χ2v) is 5.27. The van der Waals surface area contributed by atoms with E-state index in [-0.39, 0.29) is 5.56 Å². The summed E-state index contributed by atoms with van der Waals surface area (Å²) < 4.78 is 0.693. The van der Waals surface area contributed by atoms with Crippen LogP contribution in [0.5, 0.6) is 0 Å². The highest BCUT2D eigenvalue weighted by Gasteiger charge is 2.13. The van der Waals surface area contributed by atoms with E-state index in [2.05, 4.69) is 15.2 Å². The molecule has 0 spiro atoms. The van der Waals surface area contributed by atoms with Gasteiger partial charge in [-0.15, -0.1) is 10.2 Å². The molecular weight excluding hydrogens is 246 g/mol. The molecule has 0 radical (unpaired) electrons.